The Hall–Kier alpha value is -2.45. The van der Waals surface area contributed by atoms with Gasteiger partial charge in [0.25, 0.3) is 0 Å². The standard InChI is InChI=1S/C18H21N5O2S/c1-26(24,25)23-10-4-9-22(11-12-23)17-13-14(7-8-19-17)18-20-15-5-2-3-6-16(15)21-18/h2-3,5-8,13H,4,9-12H2,1H3,(H,20,21). The Morgan fingerprint density at radius 1 is 1.08 bits per heavy atom. The molecule has 0 radical (unpaired) electrons. The average Bonchev–Trinajstić information content (AvgIpc) is 2.89. The fraction of sp³-hybridized carbons (Fsp3) is 0.333. The molecule has 0 spiro atoms. The van der Waals surface area contributed by atoms with Gasteiger partial charge < -0.3 is 9.88 Å². The van der Waals surface area contributed by atoms with E-state index in [1.54, 1.807) is 6.20 Å². The molecule has 2 aromatic heterocycles. The first kappa shape index (κ1) is 17.0. The van der Waals surface area contributed by atoms with Crippen molar-refractivity contribution in [3.63, 3.8) is 0 Å². The molecule has 0 atom stereocenters. The molecule has 1 fully saturated rings. The molecular formula is C18H21N5O2S. The lowest BCUT2D eigenvalue weighted by molar-refractivity contribution is 0.437. The second kappa shape index (κ2) is 6.69. The van der Waals surface area contributed by atoms with Gasteiger partial charge in [-0.05, 0) is 30.7 Å². The minimum atomic E-state index is -3.15. The maximum absolute atomic E-state index is 11.8. The van der Waals surface area contributed by atoms with E-state index in [-0.39, 0.29) is 0 Å². The number of benzene rings is 1. The molecule has 0 unspecified atom stereocenters. The van der Waals surface area contributed by atoms with Crippen LogP contribution < -0.4 is 4.90 Å². The summed E-state index contributed by atoms with van der Waals surface area (Å²) in [6.07, 6.45) is 3.82. The van der Waals surface area contributed by atoms with Gasteiger partial charge in [-0.25, -0.2) is 22.7 Å². The van der Waals surface area contributed by atoms with Gasteiger partial charge in [-0.1, -0.05) is 12.1 Å². The monoisotopic (exact) mass is 371 g/mol. The molecule has 1 aliphatic heterocycles. The number of fused-ring (bicyclic) bond motifs is 1. The lowest BCUT2D eigenvalue weighted by atomic mass is 10.2. The molecule has 0 saturated carbocycles. The number of aromatic amines is 1. The summed E-state index contributed by atoms with van der Waals surface area (Å²) in [6.45, 7) is 2.44. The highest BCUT2D eigenvalue weighted by atomic mass is 32.2. The van der Waals surface area contributed by atoms with E-state index < -0.39 is 10.0 Å². The summed E-state index contributed by atoms with van der Waals surface area (Å²) in [6, 6.07) is 11.9. The number of sulfonamides is 1. The predicted octanol–water partition coefficient (Wildman–Crippen LogP) is 2.10. The number of hydrogen-bond donors (Lipinski definition) is 1. The van der Waals surface area contributed by atoms with Crippen molar-refractivity contribution in [1.29, 1.82) is 0 Å². The van der Waals surface area contributed by atoms with Crippen molar-refractivity contribution in [3.05, 3.63) is 42.6 Å². The molecule has 136 valence electrons. The van der Waals surface area contributed by atoms with Gasteiger partial charge in [0.05, 0.1) is 17.3 Å². The normalized spacial score (nSPS) is 16.7. The zero-order valence-electron chi connectivity index (χ0n) is 14.6. The Bertz CT molecular complexity index is 998. The van der Waals surface area contributed by atoms with Crippen LogP contribution in [0, 0.1) is 0 Å². The van der Waals surface area contributed by atoms with Crippen LogP contribution in [-0.4, -0.2) is 60.1 Å². The highest BCUT2D eigenvalue weighted by Gasteiger charge is 2.22. The minimum absolute atomic E-state index is 0.482. The maximum Gasteiger partial charge on any atom is 0.211 e. The van der Waals surface area contributed by atoms with Crippen molar-refractivity contribution in [2.24, 2.45) is 0 Å². The highest BCUT2D eigenvalue weighted by molar-refractivity contribution is 7.88. The molecule has 1 saturated heterocycles. The van der Waals surface area contributed by atoms with Crippen LogP contribution in [-0.2, 0) is 10.0 Å². The van der Waals surface area contributed by atoms with Crippen molar-refractivity contribution < 1.29 is 8.42 Å². The molecule has 7 nitrogen and oxygen atoms in total. The van der Waals surface area contributed by atoms with Gasteiger partial charge in [0.2, 0.25) is 10.0 Å². The Morgan fingerprint density at radius 2 is 1.92 bits per heavy atom. The Kier molecular flexibility index (Phi) is 4.37. The van der Waals surface area contributed by atoms with Gasteiger partial charge in [-0.2, -0.15) is 0 Å². The smallest absolute Gasteiger partial charge is 0.211 e. The van der Waals surface area contributed by atoms with E-state index in [9.17, 15) is 8.42 Å². The van der Waals surface area contributed by atoms with Crippen molar-refractivity contribution >= 4 is 26.9 Å². The van der Waals surface area contributed by atoms with Gasteiger partial charge in [0.1, 0.15) is 11.6 Å². The predicted molar refractivity (Wildman–Crippen MR) is 103 cm³/mol. The molecule has 8 heteroatoms. The quantitative estimate of drug-likeness (QED) is 0.762. The molecule has 1 aromatic carbocycles. The summed E-state index contributed by atoms with van der Waals surface area (Å²) < 4.78 is 25.1. The number of pyridine rings is 1. The first-order chi connectivity index (χ1) is 12.5. The third-order valence-electron chi connectivity index (χ3n) is 4.66. The third-order valence-corrected chi connectivity index (χ3v) is 5.96. The number of aromatic nitrogens is 3. The topological polar surface area (TPSA) is 82.2 Å². The lowest BCUT2D eigenvalue weighted by Crippen LogP contribution is -2.34. The van der Waals surface area contributed by atoms with Gasteiger partial charge >= 0.3 is 0 Å². The van der Waals surface area contributed by atoms with Crippen molar-refractivity contribution in [3.8, 4) is 11.4 Å². The molecule has 0 amide bonds. The van der Waals surface area contributed by atoms with Crippen LogP contribution in [0.3, 0.4) is 0 Å². The van der Waals surface area contributed by atoms with Gasteiger partial charge in [-0.15, -0.1) is 0 Å². The number of anilines is 1. The van der Waals surface area contributed by atoms with Crippen molar-refractivity contribution in [1.82, 2.24) is 19.3 Å². The van der Waals surface area contributed by atoms with Gasteiger partial charge in [-0.3, -0.25) is 0 Å². The van der Waals surface area contributed by atoms with E-state index in [1.165, 1.54) is 10.6 Å². The molecule has 0 aliphatic carbocycles. The molecule has 26 heavy (non-hydrogen) atoms. The molecule has 0 bridgehead atoms. The Labute approximate surface area is 152 Å². The molecule has 1 aliphatic rings. The number of hydrogen-bond acceptors (Lipinski definition) is 5. The fourth-order valence-electron chi connectivity index (χ4n) is 3.28. The average molecular weight is 371 g/mol. The number of nitrogens with zero attached hydrogens (tertiary/aromatic N) is 4. The summed E-state index contributed by atoms with van der Waals surface area (Å²) in [7, 11) is -3.15. The van der Waals surface area contributed by atoms with Crippen LogP contribution in [0.4, 0.5) is 5.82 Å². The second-order valence-electron chi connectivity index (χ2n) is 6.51. The largest absolute Gasteiger partial charge is 0.355 e. The first-order valence-corrected chi connectivity index (χ1v) is 10.5. The SMILES string of the molecule is CS(=O)(=O)N1CCCN(c2cc(-c3nc4ccccc4[nH]3)ccn2)CC1. The van der Waals surface area contributed by atoms with Crippen LogP contribution in [0.25, 0.3) is 22.4 Å². The Morgan fingerprint density at radius 3 is 2.73 bits per heavy atom. The summed E-state index contributed by atoms with van der Waals surface area (Å²) in [5.74, 6) is 1.65. The summed E-state index contributed by atoms with van der Waals surface area (Å²) in [5, 5.41) is 0. The van der Waals surface area contributed by atoms with Gasteiger partial charge in [0.15, 0.2) is 0 Å². The number of rotatable bonds is 3. The van der Waals surface area contributed by atoms with Crippen LogP contribution in [0.1, 0.15) is 6.42 Å². The zero-order valence-corrected chi connectivity index (χ0v) is 15.4. The Balaban J connectivity index is 1.59. The summed E-state index contributed by atoms with van der Waals surface area (Å²) in [5.41, 5.74) is 2.90. The zero-order chi connectivity index (χ0) is 18.1. The van der Waals surface area contributed by atoms with Crippen molar-refractivity contribution in [2.75, 3.05) is 37.3 Å². The molecule has 4 rings (SSSR count). The third kappa shape index (κ3) is 3.42. The molecular weight excluding hydrogens is 350 g/mol. The number of para-hydroxylation sites is 2. The summed E-state index contributed by atoms with van der Waals surface area (Å²) >= 11 is 0. The van der Waals surface area contributed by atoms with E-state index in [1.807, 2.05) is 36.4 Å². The first-order valence-electron chi connectivity index (χ1n) is 8.62. The van der Waals surface area contributed by atoms with E-state index in [2.05, 4.69) is 19.9 Å². The van der Waals surface area contributed by atoms with Crippen LogP contribution in [0.15, 0.2) is 42.6 Å². The van der Waals surface area contributed by atoms with Crippen LogP contribution in [0.2, 0.25) is 0 Å². The number of H-pyrrole nitrogens is 1. The lowest BCUT2D eigenvalue weighted by Gasteiger charge is -2.22. The van der Waals surface area contributed by atoms with Crippen LogP contribution in [0.5, 0.6) is 0 Å². The van der Waals surface area contributed by atoms with Crippen LogP contribution >= 0.6 is 0 Å². The minimum Gasteiger partial charge on any atom is -0.355 e. The van der Waals surface area contributed by atoms with E-state index in [0.29, 0.717) is 19.6 Å². The number of imidazole rings is 1. The van der Waals surface area contributed by atoms with E-state index in [4.69, 9.17) is 0 Å². The van der Waals surface area contributed by atoms with Crippen molar-refractivity contribution in [2.45, 2.75) is 6.42 Å². The number of nitrogens with one attached hydrogen (secondary N) is 1. The van der Waals surface area contributed by atoms with E-state index >= 15 is 0 Å². The maximum atomic E-state index is 11.8. The van der Waals surface area contributed by atoms with E-state index in [0.717, 1.165) is 41.2 Å². The van der Waals surface area contributed by atoms with Gasteiger partial charge in [0, 0.05) is 37.9 Å². The fourth-order valence-corrected chi connectivity index (χ4v) is 4.16. The molecule has 3 aromatic rings. The molecule has 3 heterocycles. The second-order valence-corrected chi connectivity index (χ2v) is 8.49. The summed E-state index contributed by atoms with van der Waals surface area (Å²) in [4.78, 5) is 14.6. The highest BCUT2D eigenvalue weighted by Crippen LogP contribution is 2.24. The molecule has 1 N–H and O–H groups in total.